The highest BCUT2D eigenvalue weighted by atomic mass is 16.5. The fourth-order valence-electron chi connectivity index (χ4n) is 7.67. The smallest absolute Gasteiger partial charge is 0.329 e. The first kappa shape index (κ1) is 51.8. The van der Waals surface area contributed by atoms with Crippen LogP contribution in [0.4, 0.5) is 0 Å². The van der Waals surface area contributed by atoms with Crippen molar-refractivity contribution in [3.05, 3.63) is 77.5 Å². The number of nitrogens with one attached hydrogen (secondary N) is 5. The molecule has 2 heterocycles. The maximum atomic E-state index is 14.9. The van der Waals surface area contributed by atoms with Crippen LogP contribution in [0.2, 0.25) is 0 Å². The summed E-state index contributed by atoms with van der Waals surface area (Å²) in [5.41, 5.74) is 6.07. The van der Waals surface area contributed by atoms with E-state index in [1.807, 2.05) is 0 Å². The topological polar surface area (TPSA) is 296 Å². The maximum absolute atomic E-state index is 14.9. The Labute approximate surface area is 383 Å². The van der Waals surface area contributed by atoms with Crippen molar-refractivity contribution in [3.8, 4) is 5.75 Å². The number of esters is 1. The Morgan fingerprint density at radius 3 is 2.14 bits per heavy atom. The number of hydrogen-bond donors (Lipinski definition) is 8. The summed E-state index contributed by atoms with van der Waals surface area (Å²) < 4.78 is 5.80. The molecule has 0 aliphatic carbocycles. The van der Waals surface area contributed by atoms with E-state index in [2.05, 4.69) is 26.6 Å². The molecule has 2 aromatic carbocycles. The number of nitrogens with two attached hydrogens (primary N) is 1. The normalized spacial score (nSPS) is 24.8. The van der Waals surface area contributed by atoms with Crippen LogP contribution in [0.5, 0.6) is 5.75 Å². The van der Waals surface area contributed by atoms with Crippen molar-refractivity contribution in [2.24, 2.45) is 11.7 Å². The first-order valence-corrected chi connectivity index (χ1v) is 22.0. The quantitative estimate of drug-likeness (QED) is 0.0969. The van der Waals surface area contributed by atoms with E-state index in [1.54, 1.807) is 63.2 Å². The third-order valence-electron chi connectivity index (χ3n) is 11.4. The van der Waals surface area contributed by atoms with Gasteiger partial charge in [0.05, 0.1) is 0 Å². The number of rotatable bonds is 13. The molecule has 2 saturated heterocycles. The minimum absolute atomic E-state index is 0.0357. The number of phenols is 1. The summed E-state index contributed by atoms with van der Waals surface area (Å²) in [5, 5.41) is 34.2. The number of nitrogens with zero attached hydrogens (tertiary/aromatic N) is 2. The lowest BCUT2D eigenvalue weighted by Crippen LogP contribution is -2.64. The lowest BCUT2D eigenvalue weighted by atomic mass is 9.95. The molecule has 9 N–H and O–H groups in total. The third-order valence-corrected chi connectivity index (χ3v) is 11.4. The number of phenolic OH excluding ortho intramolecular Hbond substituents is 1. The van der Waals surface area contributed by atoms with Crippen LogP contribution < -0.4 is 32.3 Å². The van der Waals surface area contributed by atoms with E-state index in [9.17, 15) is 53.4 Å². The number of carbonyl (C=O) groups excluding carboxylic acids is 9. The van der Waals surface area contributed by atoms with Gasteiger partial charge < -0.3 is 57.1 Å². The summed E-state index contributed by atoms with van der Waals surface area (Å²) in [7, 11) is 1.35. The number of fused-ring (bicyclic) bond motifs is 2. The molecular formula is C46H62N8O12. The SMILES string of the molecule is C/C=C1/NC(=O)[C@@H](NC(=O)[C@H](CCC(N)=O)NC(=O)CCC)[C@@H](C)OC(=O)[C@H](C(C)C)NC(=O)[C@H](Cc2ccc(O)cc2)N(C)C(=O)[C@H](Cc2ccccc2)N2C(=O)[C@@H](CC[C@H]2O)NC1=O. The second-order valence-electron chi connectivity index (χ2n) is 16.8. The summed E-state index contributed by atoms with van der Waals surface area (Å²) in [5.74, 6) is -8.45. The molecule has 2 aliphatic heterocycles. The van der Waals surface area contributed by atoms with Gasteiger partial charge in [0.1, 0.15) is 60.0 Å². The number of ether oxygens (including phenoxy) is 1. The number of likely N-dealkylation sites (N-methyl/N-ethyl adjacent to an activating group) is 1. The number of aliphatic hydroxyl groups is 1. The molecule has 4 rings (SSSR count). The van der Waals surface area contributed by atoms with Crippen LogP contribution in [-0.4, -0.2) is 129 Å². The number of primary amides is 1. The standard InChI is InChI=1S/C46H62N8O12/c1-7-12-36(57)48-31(19-21-35(47)56)41(60)52-39-26(5)66-46(65)38(25(3)4)51-42(61)33(23-28-15-17-29(55)18-16-28)53(6)45(64)34(24-27-13-10-9-11-14-27)54-37(58)22-20-32(44(54)63)50-40(59)30(8-2)49-43(39)62/h8-11,13-18,25-26,31-34,37-39,55,58H,7,12,19-24H2,1-6H3,(H2,47,56)(H,48,57)(H,49,62)(H,50,59)(H,51,61)(H,52,60)/b30-8+/t26-,31+,32-,33+,34+,37-,38+,39+/m1/s1. The zero-order valence-electron chi connectivity index (χ0n) is 38.1. The van der Waals surface area contributed by atoms with Crippen LogP contribution in [0.15, 0.2) is 66.4 Å². The van der Waals surface area contributed by atoms with E-state index in [0.717, 1.165) is 9.80 Å². The van der Waals surface area contributed by atoms with Gasteiger partial charge in [-0.05, 0) is 68.7 Å². The van der Waals surface area contributed by atoms with Crippen LogP contribution in [0.3, 0.4) is 0 Å². The van der Waals surface area contributed by atoms with Crippen molar-refractivity contribution >= 4 is 53.2 Å². The van der Waals surface area contributed by atoms with E-state index in [4.69, 9.17) is 10.5 Å². The minimum atomic E-state index is -1.78. The van der Waals surface area contributed by atoms with Gasteiger partial charge in [-0.15, -0.1) is 0 Å². The molecule has 2 bridgehead atoms. The highest BCUT2D eigenvalue weighted by molar-refractivity contribution is 6.02. The Hall–Kier alpha value is -6.83. The zero-order chi connectivity index (χ0) is 48.8. The average molecular weight is 919 g/mol. The van der Waals surface area contributed by atoms with Crippen LogP contribution in [0.25, 0.3) is 0 Å². The fraction of sp³-hybridized carbons (Fsp3) is 0.500. The highest BCUT2D eigenvalue weighted by Gasteiger charge is 2.45. The van der Waals surface area contributed by atoms with Gasteiger partial charge in [0.15, 0.2) is 0 Å². The molecule has 0 saturated carbocycles. The Kier molecular flexibility index (Phi) is 18.8. The second-order valence-corrected chi connectivity index (χ2v) is 16.8. The zero-order valence-corrected chi connectivity index (χ0v) is 38.1. The molecule has 20 heteroatoms. The number of allylic oxidation sites excluding steroid dienone is 1. The Morgan fingerprint density at radius 2 is 1.53 bits per heavy atom. The molecule has 0 aromatic heterocycles. The minimum Gasteiger partial charge on any atom is -0.508 e. The van der Waals surface area contributed by atoms with E-state index in [-0.39, 0.29) is 56.4 Å². The van der Waals surface area contributed by atoms with Gasteiger partial charge in [-0.2, -0.15) is 0 Å². The van der Waals surface area contributed by atoms with E-state index < -0.39 is 108 Å². The van der Waals surface area contributed by atoms with E-state index in [1.165, 1.54) is 39.1 Å². The van der Waals surface area contributed by atoms with Gasteiger partial charge in [0, 0.05) is 32.7 Å². The van der Waals surface area contributed by atoms with Crippen molar-refractivity contribution < 1.29 is 58.1 Å². The summed E-state index contributed by atoms with van der Waals surface area (Å²) in [6.07, 6.45) is -2.33. The molecule has 2 aromatic rings. The maximum Gasteiger partial charge on any atom is 0.329 e. The molecule has 8 amide bonds. The van der Waals surface area contributed by atoms with Crippen molar-refractivity contribution in [1.82, 2.24) is 36.4 Å². The van der Waals surface area contributed by atoms with E-state index >= 15 is 0 Å². The van der Waals surface area contributed by atoms with Gasteiger partial charge in [-0.3, -0.25) is 38.4 Å². The van der Waals surface area contributed by atoms with Crippen molar-refractivity contribution in [2.75, 3.05) is 7.05 Å². The molecule has 0 unspecified atom stereocenters. The predicted octanol–water partition coefficient (Wildman–Crippen LogP) is -0.0601. The molecule has 2 fully saturated rings. The van der Waals surface area contributed by atoms with Crippen LogP contribution in [0.1, 0.15) is 84.3 Å². The molecular weight excluding hydrogens is 857 g/mol. The molecule has 358 valence electrons. The Morgan fingerprint density at radius 1 is 0.894 bits per heavy atom. The largest absolute Gasteiger partial charge is 0.508 e. The van der Waals surface area contributed by atoms with Crippen molar-refractivity contribution in [3.63, 3.8) is 0 Å². The second kappa shape index (κ2) is 23.9. The monoisotopic (exact) mass is 918 g/mol. The fourth-order valence-corrected chi connectivity index (χ4v) is 7.67. The number of hydrogen-bond acceptors (Lipinski definition) is 12. The highest BCUT2D eigenvalue weighted by Crippen LogP contribution is 2.25. The van der Waals surface area contributed by atoms with Crippen molar-refractivity contribution in [2.45, 2.75) is 135 Å². The lowest BCUT2D eigenvalue weighted by molar-refractivity contribution is -0.165. The van der Waals surface area contributed by atoms with Gasteiger partial charge in [-0.1, -0.05) is 69.3 Å². The first-order chi connectivity index (χ1) is 31.2. The van der Waals surface area contributed by atoms with Crippen LogP contribution in [0, 0.1) is 5.92 Å². The van der Waals surface area contributed by atoms with E-state index in [0.29, 0.717) is 17.5 Å². The molecule has 20 nitrogen and oxygen atoms in total. The van der Waals surface area contributed by atoms with Crippen molar-refractivity contribution in [1.29, 1.82) is 0 Å². The van der Waals surface area contributed by atoms with Gasteiger partial charge in [0.25, 0.3) is 11.8 Å². The predicted molar refractivity (Wildman–Crippen MR) is 238 cm³/mol. The number of piperidine rings is 1. The number of benzene rings is 2. The Bertz CT molecular complexity index is 2130. The molecule has 66 heavy (non-hydrogen) atoms. The summed E-state index contributed by atoms with van der Waals surface area (Å²) in [4.78, 5) is 127. The lowest BCUT2D eigenvalue weighted by Gasteiger charge is -2.43. The molecule has 8 atom stereocenters. The number of cyclic esters (lactones) is 1. The average Bonchev–Trinajstić information content (AvgIpc) is 3.27. The number of amides is 8. The third kappa shape index (κ3) is 13.8. The van der Waals surface area contributed by atoms with Gasteiger partial charge in [-0.25, -0.2) is 4.79 Å². The number of aromatic hydroxyl groups is 1. The Balaban J connectivity index is 1.85. The van der Waals surface area contributed by atoms with Crippen LogP contribution in [-0.2, 0) is 60.7 Å². The summed E-state index contributed by atoms with van der Waals surface area (Å²) in [6, 6.07) is 5.86. The number of aliphatic hydroxyl groups excluding tert-OH is 1. The van der Waals surface area contributed by atoms with Gasteiger partial charge >= 0.3 is 5.97 Å². The number of carbonyl (C=O) groups is 9. The van der Waals surface area contributed by atoms with Gasteiger partial charge in [0.2, 0.25) is 35.4 Å². The molecule has 0 spiro atoms. The molecule has 0 radical (unpaired) electrons. The summed E-state index contributed by atoms with van der Waals surface area (Å²) >= 11 is 0. The first-order valence-electron chi connectivity index (χ1n) is 22.0. The molecule has 2 aliphatic rings. The van der Waals surface area contributed by atoms with Crippen LogP contribution >= 0.6 is 0 Å². The summed E-state index contributed by atoms with van der Waals surface area (Å²) in [6.45, 7) is 7.65.